The molecule has 0 aromatic rings. The average Bonchev–Trinajstić information content (AvgIpc) is 2.99. The van der Waals surface area contributed by atoms with E-state index in [-0.39, 0.29) is 21.5 Å². The molecular formula is C25H42N2O2S. The molecule has 1 aliphatic heterocycles. The van der Waals surface area contributed by atoms with Gasteiger partial charge in [-0.1, -0.05) is 34.6 Å². The Morgan fingerprint density at radius 2 is 1.77 bits per heavy atom. The van der Waals surface area contributed by atoms with Crippen molar-refractivity contribution in [3.05, 3.63) is 0 Å². The maximum atomic E-state index is 12.7. The summed E-state index contributed by atoms with van der Waals surface area (Å²) in [7, 11) is 2.04. The van der Waals surface area contributed by atoms with Crippen molar-refractivity contribution in [2.45, 2.75) is 103 Å². The van der Waals surface area contributed by atoms with Crippen LogP contribution in [0.3, 0.4) is 0 Å². The number of likely N-dealkylation sites (tertiary alicyclic amines) is 1. The third kappa shape index (κ3) is 3.71. The molecule has 2 amide bonds. The first-order valence-electron chi connectivity index (χ1n) is 12.1. The van der Waals surface area contributed by atoms with Crippen LogP contribution in [0.25, 0.3) is 0 Å². The number of nitrogens with one attached hydrogen (secondary N) is 1. The first kappa shape index (κ1) is 22.5. The minimum atomic E-state index is 0.125. The van der Waals surface area contributed by atoms with Gasteiger partial charge in [0.2, 0.25) is 11.8 Å². The number of fused-ring (bicyclic) bond motifs is 5. The summed E-state index contributed by atoms with van der Waals surface area (Å²) in [6.45, 7) is 11.5. The molecule has 0 bridgehead atoms. The predicted molar refractivity (Wildman–Crippen MR) is 124 cm³/mol. The van der Waals surface area contributed by atoms with Gasteiger partial charge >= 0.3 is 0 Å². The van der Waals surface area contributed by atoms with Gasteiger partial charge in [0.1, 0.15) is 0 Å². The van der Waals surface area contributed by atoms with Gasteiger partial charge in [0.05, 0.1) is 5.75 Å². The van der Waals surface area contributed by atoms with E-state index in [9.17, 15) is 9.59 Å². The fraction of sp³-hybridized carbons (Fsp3) is 0.920. The zero-order chi connectivity index (χ0) is 21.9. The van der Waals surface area contributed by atoms with Crippen molar-refractivity contribution < 1.29 is 9.59 Å². The molecule has 3 saturated carbocycles. The van der Waals surface area contributed by atoms with Crippen LogP contribution in [0.15, 0.2) is 0 Å². The highest BCUT2D eigenvalue weighted by molar-refractivity contribution is 8.01. The topological polar surface area (TPSA) is 49.4 Å². The van der Waals surface area contributed by atoms with Crippen LogP contribution in [0, 0.1) is 28.6 Å². The molecule has 4 fully saturated rings. The van der Waals surface area contributed by atoms with E-state index in [0.29, 0.717) is 23.7 Å². The SMILES string of the molecule is CN1C(=O)CC[C@]2(C)[C@H]3CC[C@]4(C)C(NC(=O)CSC(C)(C)C)CC[C@H]4[C@@H]3CC[C@@H]12. The largest absolute Gasteiger partial charge is 0.352 e. The van der Waals surface area contributed by atoms with Gasteiger partial charge in [-0.2, -0.15) is 0 Å². The molecule has 0 radical (unpaired) electrons. The maximum Gasteiger partial charge on any atom is 0.230 e. The van der Waals surface area contributed by atoms with Crippen LogP contribution < -0.4 is 5.32 Å². The highest BCUT2D eigenvalue weighted by Crippen LogP contribution is 2.64. The summed E-state index contributed by atoms with van der Waals surface area (Å²) in [6, 6.07) is 0.758. The van der Waals surface area contributed by atoms with Crippen LogP contribution in [0.4, 0.5) is 0 Å². The normalized spacial score (nSPS) is 43.6. The van der Waals surface area contributed by atoms with Gasteiger partial charge in [0, 0.05) is 30.3 Å². The molecule has 1 unspecified atom stereocenters. The van der Waals surface area contributed by atoms with Gasteiger partial charge in [0.15, 0.2) is 0 Å². The van der Waals surface area contributed by atoms with Crippen molar-refractivity contribution in [2.24, 2.45) is 28.6 Å². The van der Waals surface area contributed by atoms with Crippen LogP contribution in [-0.4, -0.2) is 46.3 Å². The van der Waals surface area contributed by atoms with Crippen molar-refractivity contribution in [1.29, 1.82) is 0 Å². The zero-order valence-corrected chi connectivity index (χ0v) is 20.7. The Bertz CT molecular complexity index is 704. The van der Waals surface area contributed by atoms with E-state index in [2.05, 4.69) is 44.8 Å². The minimum Gasteiger partial charge on any atom is -0.352 e. The molecule has 4 rings (SSSR count). The maximum absolute atomic E-state index is 12.7. The molecule has 7 atom stereocenters. The van der Waals surface area contributed by atoms with Crippen molar-refractivity contribution in [1.82, 2.24) is 10.2 Å². The Kier molecular flexibility index (Phi) is 5.77. The van der Waals surface area contributed by atoms with E-state index in [1.165, 1.54) is 25.7 Å². The summed E-state index contributed by atoms with van der Waals surface area (Å²) in [4.78, 5) is 27.1. The van der Waals surface area contributed by atoms with Crippen molar-refractivity contribution in [2.75, 3.05) is 12.8 Å². The fourth-order valence-electron chi connectivity index (χ4n) is 7.91. The van der Waals surface area contributed by atoms with Crippen LogP contribution in [-0.2, 0) is 9.59 Å². The molecule has 30 heavy (non-hydrogen) atoms. The smallest absolute Gasteiger partial charge is 0.230 e. The summed E-state index contributed by atoms with van der Waals surface area (Å²) in [5.41, 5.74) is 0.514. The third-order valence-electron chi connectivity index (χ3n) is 9.53. The third-order valence-corrected chi connectivity index (χ3v) is 10.8. The number of carbonyl (C=O) groups is 2. The first-order chi connectivity index (χ1) is 14.0. The van der Waals surface area contributed by atoms with Crippen molar-refractivity contribution in [3.63, 3.8) is 0 Å². The molecular weight excluding hydrogens is 392 g/mol. The van der Waals surface area contributed by atoms with Crippen LogP contribution in [0.2, 0.25) is 0 Å². The van der Waals surface area contributed by atoms with Crippen LogP contribution in [0.1, 0.15) is 86.0 Å². The molecule has 3 aliphatic carbocycles. The van der Waals surface area contributed by atoms with Gasteiger partial charge in [-0.05, 0) is 73.5 Å². The van der Waals surface area contributed by atoms with Gasteiger partial charge in [-0.25, -0.2) is 0 Å². The number of thioether (sulfide) groups is 1. The molecule has 0 aromatic carbocycles. The second-order valence-electron chi connectivity index (χ2n) is 12.1. The lowest BCUT2D eigenvalue weighted by atomic mass is 9.47. The lowest BCUT2D eigenvalue weighted by Gasteiger charge is -2.61. The summed E-state index contributed by atoms with van der Waals surface area (Å²) in [6.07, 6.45) is 9.06. The highest BCUT2D eigenvalue weighted by Gasteiger charge is 2.61. The predicted octanol–water partition coefficient (Wildman–Crippen LogP) is 4.87. The Morgan fingerprint density at radius 3 is 2.47 bits per heavy atom. The zero-order valence-electron chi connectivity index (χ0n) is 19.9. The first-order valence-corrected chi connectivity index (χ1v) is 13.1. The average molecular weight is 435 g/mol. The van der Waals surface area contributed by atoms with Crippen molar-refractivity contribution >= 4 is 23.6 Å². The molecule has 4 nitrogen and oxygen atoms in total. The van der Waals surface area contributed by atoms with Gasteiger partial charge < -0.3 is 10.2 Å². The Balaban J connectivity index is 1.46. The second kappa shape index (κ2) is 7.71. The number of carbonyl (C=O) groups excluding carboxylic acids is 2. The Morgan fingerprint density at radius 1 is 1.07 bits per heavy atom. The summed E-state index contributed by atoms with van der Waals surface area (Å²) >= 11 is 1.74. The molecule has 0 aromatic heterocycles. The van der Waals surface area contributed by atoms with Gasteiger partial charge in [0.25, 0.3) is 0 Å². The fourth-order valence-corrected chi connectivity index (χ4v) is 8.55. The Labute approximate surface area is 187 Å². The van der Waals surface area contributed by atoms with E-state index in [4.69, 9.17) is 0 Å². The molecule has 170 valence electrons. The van der Waals surface area contributed by atoms with E-state index in [0.717, 1.165) is 43.4 Å². The summed E-state index contributed by atoms with van der Waals surface area (Å²) < 4.78 is 0.125. The van der Waals surface area contributed by atoms with Gasteiger partial charge in [-0.3, -0.25) is 9.59 Å². The number of hydrogen-bond donors (Lipinski definition) is 1. The number of nitrogens with zero attached hydrogens (tertiary/aromatic N) is 1. The lowest BCUT2D eigenvalue weighted by molar-refractivity contribution is -0.157. The van der Waals surface area contributed by atoms with E-state index in [1.54, 1.807) is 11.8 Å². The van der Waals surface area contributed by atoms with Crippen LogP contribution in [0.5, 0.6) is 0 Å². The molecule has 1 heterocycles. The molecule has 1 N–H and O–H groups in total. The Hall–Kier alpha value is -0.710. The van der Waals surface area contributed by atoms with E-state index >= 15 is 0 Å². The quantitative estimate of drug-likeness (QED) is 0.690. The van der Waals surface area contributed by atoms with E-state index in [1.807, 2.05) is 7.05 Å². The summed E-state index contributed by atoms with van der Waals surface area (Å²) in [5.74, 6) is 3.33. The minimum absolute atomic E-state index is 0.125. The summed E-state index contributed by atoms with van der Waals surface area (Å²) in [5, 5.41) is 3.45. The monoisotopic (exact) mass is 434 g/mol. The van der Waals surface area contributed by atoms with Crippen LogP contribution >= 0.6 is 11.8 Å². The lowest BCUT2D eigenvalue weighted by Crippen LogP contribution is -2.62. The highest BCUT2D eigenvalue weighted by atomic mass is 32.2. The number of amides is 2. The molecule has 1 saturated heterocycles. The molecule has 5 heteroatoms. The number of rotatable bonds is 3. The number of hydrogen-bond acceptors (Lipinski definition) is 3. The van der Waals surface area contributed by atoms with Crippen molar-refractivity contribution in [3.8, 4) is 0 Å². The van der Waals surface area contributed by atoms with Gasteiger partial charge in [-0.15, -0.1) is 11.8 Å². The molecule has 0 spiro atoms. The number of piperidine rings is 1. The molecule has 4 aliphatic rings. The van der Waals surface area contributed by atoms with E-state index < -0.39 is 0 Å². The second-order valence-corrected chi connectivity index (χ2v) is 13.9. The standard InChI is InChI=1S/C25H42N2O2S/c1-23(2,3)30-15-21(28)26-19-9-8-17-16-7-10-20-25(5,14-12-22(29)27(20)6)18(16)11-13-24(17,19)4/h16-20H,7-15H2,1-6H3,(H,26,28)/t16-,17-,18-,19?,20+,24-,25+/m0/s1.